The second kappa shape index (κ2) is 4.19. The maximum atomic E-state index is 10.8. The van der Waals surface area contributed by atoms with Gasteiger partial charge in [-0.15, -0.1) is 0 Å². The summed E-state index contributed by atoms with van der Waals surface area (Å²) in [5.41, 5.74) is -5.43. The number of carboxylic acid groups (broad SMARTS) is 1. The molecule has 2 unspecified atom stereocenters. The summed E-state index contributed by atoms with van der Waals surface area (Å²) in [6, 6.07) is 0. The molecule has 0 heterocycles. The highest BCUT2D eigenvalue weighted by Crippen LogP contribution is 2.43. The Balaban J connectivity index is 4.54. The van der Waals surface area contributed by atoms with Gasteiger partial charge in [-0.05, 0) is 20.8 Å². The van der Waals surface area contributed by atoms with Crippen LogP contribution in [-0.4, -0.2) is 43.7 Å². The molecular formula is C7H15O7P. The molecule has 15 heavy (non-hydrogen) atoms. The third-order valence-electron chi connectivity index (χ3n) is 2.08. The van der Waals surface area contributed by atoms with Gasteiger partial charge in [0.05, 0.1) is 12.2 Å². The fraction of sp³-hybridized carbons (Fsp3) is 0.857. The normalized spacial score (nSPS) is 20.4. The minimum absolute atomic E-state index is 0.767. The van der Waals surface area contributed by atoms with Crippen LogP contribution in [0.5, 0.6) is 0 Å². The summed E-state index contributed by atoms with van der Waals surface area (Å²) in [6.45, 7) is 2.92. The van der Waals surface area contributed by atoms with Crippen molar-refractivity contribution in [1.29, 1.82) is 0 Å². The van der Waals surface area contributed by atoms with E-state index in [0.717, 1.165) is 6.92 Å². The van der Waals surface area contributed by atoms with Crippen molar-refractivity contribution in [3.8, 4) is 0 Å². The van der Waals surface area contributed by atoms with E-state index in [-0.39, 0.29) is 0 Å². The van der Waals surface area contributed by atoms with Crippen LogP contribution in [0.4, 0.5) is 4.79 Å². The van der Waals surface area contributed by atoms with Gasteiger partial charge in [0.15, 0.2) is 0 Å². The van der Waals surface area contributed by atoms with Crippen LogP contribution in [0.1, 0.15) is 20.8 Å². The lowest BCUT2D eigenvalue weighted by molar-refractivity contribution is -0.138. The lowest BCUT2D eigenvalue weighted by atomic mass is 9.89. The summed E-state index contributed by atoms with van der Waals surface area (Å²) >= 11 is 0. The summed E-state index contributed by atoms with van der Waals surface area (Å²) in [7, 11) is -4.78. The smallest absolute Gasteiger partial charge is 0.435 e. The van der Waals surface area contributed by atoms with E-state index in [0.29, 0.717) is 0 Å². The first kappa shape index (κ1) is 14.5. The van der Waals surface area contributed by atoms with Crippen LogP contribution in [0.25, 0.3) is 0 Å². The van der Waals surface area contributed by atoms with E-state index >= 15 is 0 Å². The van der Waals surface area contributed by atoms with Gasteiger partial charge in [0, 0.05) is 0 Å². The zero-order valence-corrected chi connectivity index (χ0v) is 9.56. The highest BCUT2D eigenvalue weighted by atomic mass is 31.2. The first-order valence-corrected chi connectivity index (χ1v) is 5.63. The Hall–Kier alpha value is -0.460. The van der Waals surface area contributed by atoms with Gasteiger partial charge in [-0.25, -0.2) is 9.36 Å². The molecule has 8 heteroatoms. The van der Waals surface area contributed by atoms with Crippen LogP contribution in [0.3, 0.4) is 0 Å². The molecule has 0 amide bonds. The number of hydrogen-bond donors (Lipinski definition) is 4. The Morgan fingerprint density at radius 1 is 1.33 bits per heavy atom. The van der Waals surface area contributed by atoms with E-state index in [1.807, 2.05) is 0 Å². The van der Waals surface area contributed by atoms with Gasteiger partial charge in [-0.2, -0.15) is 0 Å². The number of carbonyl (C=O) groups is 1. The average Bonchev–Trinajstić information content (AvgIpc) is 1.99. The van der Waals surface area contributed by atoms with Crippen LogP contribution >= 0.6 is 7.60 Å². The van der Waals surface area contributed by atoms with Crippen LogP contribution in [0, 0.1) is 0 Å². The van der Waals surface area contributed by atoms with Crippen molar-refractivity contribution in [3.05, 3.63) is 0 Å². The maximum absolute atomic E-state index is 10.8. The Labute approximate surface area is 86.8 Å². The van der Waals surface area contributed by atoms with Gasteiger partial charge in [-0.3, -0.25) is 4.52 Å². The summed E-state index contributed by atoms with van der Waals surface area (Å²) in [4.78, 5) is 19.0. The lowest BCUT2D eigenvalue weighted by Crippen LogP contribution is -2.50. The molecule has 4 N–H and O–H groups in total. The highest BCUT2D eigenvalue weighted by Gasteiger charge is 2.41. The second-order valence-corrected chi connectivity index (χ2v) is 5.59. The zero-order valence-electron chi connectivity index (χ0n) is 8.67. The second-order valence-electron chi connectivity index (χ2n) is 3.91. The van der Waals surface area contributed by atoms with Crippen molar-refractivity contribution < 1.29 is 34.1 Å². The van der Waals surface area contributed by atoms with Crippen molar-refractivity contribution in [2.75, 3.05) is 6.61 Å². The van der Waals surface area contributed by atoms with Gasteiger partial charge < -0.3 is 20.2 Å². The van der Waals surface area contributed by atoms with E-state index < -0.39 is 31.1 Å². The van der Waals surface area contributed by atoms with Crippen LogP contribution in [0.2, 0.25) is 0 Å². The first-order chi connectivity index (χ1) is 6.40. The Morgan fingerprint density at radius 2 is 1.73 bits per heavy atom. The minimum atomic E-state index is -4.78. The van der Waals surface area contributed by atoms with E-state index in [2.05, 4.69) is 4.52 Å². The summed E-state index contributed by atoms with van der Waals surface area (Å²) in [5, 5.41) is 27.3. The van der Waals surface area contributed by atoms with Crippen LogP contribution in [0.15, 0.2) is 0 Å². The van der Waals surface area contributed by atoms with E-state index in [1.165, 1.54) is 13.8 Å². The fourth-order valence-corrected chi connectivity index (χ4v) is 0.982. The first-order valence-electron chi connectivity index (χ1n) is 4.06. The fourth-order valence-electron chi connectivity index (χ4n) is 0.445. The summed E-state index contributed by atoms with van der Waals surface area (Å²) in [5.74, 6) is 0. The van der Waals surface area contributed by atoms with Gasteiger partial charge >= 0.3 is 13.3 Å². The molecule has 7 nitrogen and oxygen atoms in total. The predicted molar refractivity (Wildman–Crippen MR) is 50.7 cm³/mol. The molecule has 0 aliphatic rings. The Morgan fingerprint density at radius 3 is 2.00 bits per heavy atom. The van der Waals surface area contributed by atoms with E-state index in [1.54, 1.807) is 0 Å². The third-order valence-corrected chi connectivity index (χ3v) is 3.04. The lowest BCUT2D eigenvalue weighted by Gasteiger charge is -2.35. The molecule has 0 aliphatic carbocycles. The van der Waals surface area contributed by atoms with Gasteiger partial charge in [0.1, 0.15) is 5.60 Å². The third kappa shape index (κ3) is 3.89. The quantitative estimate of drug-likeness (QED) is 0.514. The van der Waals surface area contributed by atoms with Crippen molar-refractivity contribution in [2.45, 2.75) is 32.0 Å². The largest absolute Gasteiger partial charge is 0.472 e. The van der Waals surface area contributed by atoms with Crippen LogP contribution < -0.4 is 0 Å². The molecule has 90 valence electrons. The van der Waals surface area contributed by atoms with E-state index in [9.17, 15) is 19.6 Å². The van der Waals surface area contributed by atoms with Gasteiger partial charge in [0.2, 0.25) is 0 Å². The molecule has 0 saturated carbocycles. The Bertz CT molecular complexity index is 290. The van der Waals surface area contributed by atoms with Crippen molar-refractivity contribution in [2.24, 2.45) is 0 Å². The monoisotopic (exact) mass is 242 g/mol. The van der Waals surface area contributed by atoms with Gasteiger partial charge in [-0.1, -0.05) is 0 Å². The molecule has 0 bridgehead atoms. The maximum Gasteiger partial charge on any atom is 0.435 e. The molecule has 0 fully saturated rings. The number of hydrogen-bond acceptors (Lipinski definition) is 5. The molecule has 0 spiro atoms. The molecule has 0 aromatic rings. The van der Waals surface area contributed by atoms with Crippen molar-refractivity contribution in [1.82, 2.24) is 0 Å². The highest BCUT2D eigenvalue weighted by molar-refractivity contribution is 7.70. The average molecular weight is 242 g/mol. The number of aliphatic hydroxyl groups is 2. The molecular weight excluding hydrogens is 227 g/mol. The summed E-state index contributed by atoms with van der Waals surface area (Å²) in [6.07, 6.45) is 0. The SMILES string of the molecule is CC(C)(O)C(C)(O)COP(=O)(O)C(=O)O. The van der Waals surface area contributed by atoms with Crippen molar-refractivity contribution >= 4 is 13.3 Å². The topological polar surface area (TPSA) is 124 Å². The minimum Gasteiger partial charge on any atom is -0.472 e. The predicted octanol–water partition coefficient (Wildman–Crippen LogP) is 0.388. The van der Waals surface area contributed by atoms with Crippen LogP contribution in [-0.2, 0) is 9.09 Å². The standard InChI is InChI=1S/C7H15O7P/c1-6(2,10)7(3,11)4-14-15(12,13)5(8)9/h10-11H,4H2,1-3H3,(H,8,9)(H,12,13). The molecule has 0 rings (SSSR count). The molecule has 0 aromatic carbocycles. The molecule has 0 saturated heterocycles. The molecule has 0 aromatic heterocycles. The van der Waals surface area contributed by atoms with Gasteiger partial charge in [0.25, 0.3) is 0 Å². The molecule has 0 aliphatic heterocycles. The number of rotatable bonds is 5. The zero-order chi connectivity index (χ0) is 12.5. The van der Waals surface area contributed by atoms with E-state index in [4.69, 9.17) is 10.00 Å². The van der Waals surface area contributed by atoms with Crippen molar-refractivity contribution in [3.63, 3.8) is 0 Å². The molecule has 0 radical (unpaired) electrons. The summed E-state index contributed by atoms with van der Waals surface area (Å²) < 4.78 is 15.0. The molecule has 2 atom stereocenters. The Kier molecular flexibility index (Phi) is 4.06.